The smallest absolute Gasteiger partial charge is 0.193 e. The Hall–Kier alpha value is -4.70. The highest BCUT2D eigenvalue weighted by Gasteiger charge is 2.46. The third kappa shape index (κ3) is 5.90. The number of aryl methyl sites for hydroxylation is 4. The highest BCUT2D eigenvalue weighted by atomic mass is 16.5. The highest BCUT2D eigenvalue weighted by Crippen LogP contribution is 2.41. The van der Waals surface area contributed by atoms with Crippen molar-refractivity contribution >= 4 is 11.0 Å². The Balaban J connectivity index is 1.31. The molecule has 1 aliphatic carbocycles. The van der Waals surface area contributed by atoms with Crippen LogP contribution in [0.15, 0.2) is 103 Å². The fraction of sp³-hybridized carbons (Fsp3) is 0.257. The van der Waals surface area contributed by atoms with Gasteiger partial charge in [-0.05, 0) is 30.0 Å². The Bertz CT molecular complexity index is 1880. The van der Waals surface area contributed by atoms with E-state index in [1.807, 2.05) is 60.7 Å². The third-order valence-electron chi connectivity index (χ3n) is 7.92. The van der Waals surface area contributed by atoms with E-state index in [0.29, 0.717) is 37.2 Å². The largest absolute Gasteiger partial charge is 0.493 e. The molecule has 0 saturated carbocycles. The average molecular weight is 597 g/mol. The normalized spacial score (nSPS) is 19.5. The molecule has 9 nitrogen and oxygen atoms in total. The molecule has 1 aliphatic rings. The lowest BCUT2D eigenvalue weighted by Crippen LogP contribution is -2.46. The monoisotopic (exact) mass is 596 g/mol. The number of fused-ring (bicyclic) bond motifs is 2. The molecule has 2 aromatic heterocycles. The van der Waals surface area contributed by atoms with Gasteiger partial charge in [-0.25, -0.2) is 0 Å². The van der Waals surface area contributed by atoms with E-state index in [-0.39, 0.29) is 39.2 Å². The van der Waals surface area contributed by atoms with Crippen LogP contribution in [0, 0.1) is 0 Å². The number of hydrogen-bond donors (Lipinski definition) is 3. The summed E-state index contributed by atoms with van der Waals surface area (Å²) >= 11 is 0. The molecule has 6 rings (SSSR count). The number of benzene rings is 3. The Morgan fingerprint density at radius 2 is 1.27 bits per heavy atom. The van der Waals surface area contributed by atoms with Crippen LogP contribution in [-0.4, -0.2) is 34.6 Å². The van der Waals surface area contributed by atoms with E-state index in [1.54, 1.807) is 0 Å². The van der Waals surface area contributed by atoms with Crippen LogP contribution in [-0.2, 0) is 25.7 Å². The molecule has 0 radical (unpaired) electrons. The second kappa shape index (κ2) is 12.5. The predicted octanol–water partition coefficient (Wildman–Crippen LogP) is 4.21. The summed E-state index contributed by atoms with van der Waals surface area (Å²) in [5, 5.41) is 32.6. The Labute approximate surface area is 252 Å². The number of hydrogen-bond acceptors (Lipinski definition) is 9. The van der Waals surface area contributed by atoms with Crippen molar-refractivity contribution in [3.8, 4) is 11.5 Å². The fourth-order valence-corrected chi connectivity index (χ4v) is 5.56. The second-order valence-electron chi connectivity index (χ2n) is 10.9. The van der Waals surface area contributed by atoms with Crippen LogP contribution in [0.1, 0.15) is 46.2 Å². The van der Waals surface area contributed by atoms with Gasteiger partial charge in [-0.1, -0.05) is 60.7 Å². The average Bonchev–Trinajstić information content (AvgIpc) is 3.04. The summed E-state index contributed by atoms with van der Waals surface area (Å²) in [6, 6.07) is 25.2. The van der Waals surface area contributed by atoms with Gasteiger partial charge < -0.3 is 33.6 Å². The standard InChI is InChI=1S/C35H32O9/c1-41-28-19-27-24(25(36)16-22(42-27)14-12-20-8-4-2-5-9-20)18-29(28)44-35-30-26(37)17-23(15-13-21-10-6-3-7-11-21)43-34(30)32(39)31(38)33(35)40/h2-11,16-19,31-33,35,38-40H,12-15H2,1H3/t31-,32-,33-,35-/m0/s1. The first-order chi connectivity index (χ1) is 21.3. The molecular weight excluding hydrogens is 564 g/mol. The highest BCUT2D eigenvalue weighted by molar-refractivity contribution is 5.81. The van der Waals surface area contributed by atoms with Crippen LogP contribution < -0.4 is 20.3 Å². The maximum Gasteiger partial charge on any atom is 0.193 e. The molecule has 0 spiro atoms. The van der Waals surface area contributed by atoms with E-state index < -0.39 is 29.8 Å². The molecule has 4 atom stereocenters. The molecule has 2 heterocycles. The zero-order valence-corrected chi connectivity index (χ0v) is 24.0. The number of methoxy groups -OCH3 is 1. The topological polar surface area (TPSA) is 140 Å². The molecule has 226 valence electrons. The maximum absolute atomic E-state index is 13.4. The van der Waals surface area contributed by atoms with E-state index in [4.69, 9.17) is 18.3 Å². The van der Waals surface area contributed by atoms with Crippen molar-refractivity contribution in [2.45, 2.75) is 50.1 Å². The SMILES string of the molecule is COc1cc2oc(CCc3ccccc3)cc(=O)c2cc1O[C@H]1c2c(oc(CCc3ccccc3)cc2=O)[C@@H](O)[C@H](O)[C@@H]1O. The lowest BCUT2D eigenvalue weighted by Gasteiger charge is -2.35. The summed E-state index contributed by atoms with van der Waals surface area (Å²) in [4.78, 5) is 26.5. The number of aliphatic hydroxyl groups is 3. The van der Waals surface area contributed by atoms with Gasteiger partial charge in [0.05, 0.1) is 18.1 Å². The lowest BCUT2D eigenvalue weighted by atomic mass is 9.86. The number of aliphatic hydroxyl groups excluding tert-OH is 3. The van der Waals surface area contributed by atoms with Gasteiger partial charge in [0.1, 0.15) is 41.2 Å². The van der Waals surface area contributed by atoms with E-state index in [0.717, 1.165) is 11.1 Å². The molecule has 0 fully saturated rings. The molecule has 44 heavy (non-hydrogen) atoms. The summed E-state index contributed by atoms with van der Waals surface area (Å²) in [6.45, 7) is 0. The van der Waals surface area contributed by atoms with Gasteiger partial charge in [0.2, 0.25) is 0 Å². The molecule has 9 heteroatoms. The maximum atomic E-state index is 13.4. The van der Waals surface area contributed by atoms with Gasteiger partial charge >= 0.3 is 0 Å². The minimum absolute atomic E-state index is 0.0375. The van der Waals surface area contributed by atoms with Gasteiger partial charge in [-0.2, -0.15) is 0 Å². The summed E-state index contributed by atoms with van der Waals surface area (Å²) in [7, 11) is 1.41. The second-order valence-corrected chi connectivity index (χ2v) is 10.9. The van der Waals surface area contributed by atoms with Gasteiger partial charge in [0, 0.05) is 31.0 Å². The number of rotatable bonds is 9. The summed E-state index contributed by atoms with van der Waals surface area (Å²) in [5.74, 6) is 0.875. The van der Waals surface area contributed by atoms with Gasteiger partial charge in [-0.15, -0.1) is 0 Å². The first kappa shape index (κ1) is 29.4. The van der Waals surface area contributed by atoms with E-state index >= 15 is 0 Å². The number of ether oxygens (including phenoxy) is 2. The molecule has 0 unspecified atom stereocenters. The molecule has 0 amide bonds. The third-order valence-corrected chi connectivity index (χ3v) is 7.92. The van der Waals surface area contributed by atoms with Crippen LogP contribution >= 0.6 is 0 Å². The summed E-state index contributed by atoms with van der Waals surface area (Å²) in [5.41, 5.74) is 1.50. The van der Waals surface area contributed by atoms with Crippen molar-refractivity contribution in [1.82, 2.24) is 0 Å². The van der Waals surface area contributed by atoms with Crippen LogP contribution in [0.5, 0.6) is 11.5 Å². The first-order valence-corrected chi connectivity index (χ1v) is 14.4. The van der Waals surface area contributed by atoms with Crippen molar-refractivity contribution < 1.29 is 33.6 Å². The van der Waals surface area contributed by atoms with Crippen molar-refractivity contribution in [3.05, 3.63) is 139 Å². The minimum Gasteiger partial charge on any atom is -0.493 e. The minimum atomic E-state index is -1.70. The van der Waals surface area contributed by atoms with E-state index in [2.05, 4.69) is 0 Å². The predicted molar refractivity (Wildman–Crippen MR) is 162 cm³/mol. The van der Waals surface area contributed by atoms with Crippen molar-refractivity contribution in [2.24, 2.45) is 0 Å². The lowest BCUT2D eigenvalue weighted by molar-refractivity contribution is -0.122. The van der Waals surface area contributed by atoms with Crippen LogP contribution in [0.3, 0.4) is 0 Å². The Kier molecular flexibility index (Phi) is 8.34. The zero-order valence-electron chi connectivity index (χ0n) is 24.0. The van der Waals surface area contributed by atoms with Crippen LogP contribution in [0.2, 0.25) is 0 Å². The van der Waals surface area contributed by atoms with Crippen LogP contribution in [0.4, 0.5) is 0 Å². The zero-order chi connectivity index (χ0) is 30.8. The Morgan fingerprint density at radius 3 is 1.89 bits per heavy atom. The summed E-state index contributed by atoms with van der Waals surface area (Å²) < 4.78 is 23.6. The van der Waals surface area contributed by atoms with E-state index in [9.17, 15) is 24.9 Å². The van der Waals surface area contributed by atoms with Gasteiger partial charge in [0.15, 0.2) is 28.5 Å². The fourth-order valence-electron chi connectivity index (χ4n) is 5.56. The van der Waals surface area contributed by atoms with Crippen molar-refractivity contribution in [2.75, 3.05) is 7.11 Å². The Morgan fingerprint density at radius 1 is 0.682 bits per heavy atom. The first-order valence-electron chi connectivity index (χ1n) is 14.4. The molecule has 5 aromatic rings. The quantitative estimate of drug-likeness (QED) is 0.228. The summed E-state index contributed by atoms with van der Waals surface area (Å²) in [6.07, 6.45) is -4.28. The molecule has 3 aromatic carbocycles. The van der Waals surface area contributed by atoms with Crippen LogP contribution in [0.25, 0.3) is 11.0 Å². The molecular formula is C35H32O9. The molecule has 3 N–H and O–H groups in total. The van der Waals surface area contributed by atoms with Crippen molar-refractivity contribution in [1.29, 1.82) is 0 Å². The molecule has 0 bridgehead atoms. The van der Waals surface area contributed by atoms with Gasteiger partial charge in [-0.3, -0.25) is 9.59 Å². The van der Waals surface area contributed by atoms with Crippen molar-refractivity contribution in [3.63, 3.8) is 0 Å². The van der Waals surface area contributed by atoms with E-state index in [1.165, 1.54) is 31.4 Å². The molecule has 0 saturated heterocycles. The van der Waals surface area contributed by atoms with Gasteiger partial charge in [0.25, 0.3) is 0 Å². The molecule has 0 aliphatic heterocycles.